The van der Waals surface area contributed by atoms with E-state index in [-0.39, 0.29) is 0 Å². The first-order valence-corrected chi connectivity index (χ1v) is 11.9. The van der Waals surface area contributed by atoms with Crippen molar-refractivity contribution in [3.8, 4) is 0 Å². The standard InChI is InChI=1S/C20H40O2S/c1-3-4-5-6-7-8-9-10-11-12-13-14-15-16-17-18-19-20-23(2,21)22/h10-11H,3-9,12-20H2,1-2H3/b11-10-. The van der Waals surface area contributed by atoms with Gasteiger partial charge in [-0.3, -0.25) is 0 Å². The number of hydrogen-bond donors (Lipinski definition) is 0. The average Bonchev–Trinajstić information content (AvgIpc) is 2.49. The van der Waals surface area contributed by atoms with Gasteiger partial charge in [0.05, 0.1) is 0 Å². The van der Waals surface area contributed by atoms with Gasteiger partial charge in [-0.15, -0.1) is 0 Å². The molecule has 2 nitrogen and oxygen atoms in total. The van der Waals surface area contributed by atoms with Gasteiger partial charge in [-0.05, 0) is 32.1 Å². The van der Waals surface area contributed by atoms with E-state index in [1.165, 1.54) is 89.7 Å². The van der Waals surface area contributed by atoms with Crippen LogP contribution in [-0.4, -0.2) is 20.4 Å². The van der Waals surface area contributed by atoms with Crippen LogP contribution in [0.15, 0.2) is 12.2 Å². The molecule has 0 rings (SSSR count). The number of unbranched alkanes of at least 4 members (excludes halogenated alkanes) is 13. The quantitative estimate of drug-likeness (QED) is 0.224. The third kappa shape index (κ3) is 21.7. The van der Waals surface area contributed by atoms with Crippen molar-refractivity contribution < 1.29 is 8.42 Å². The Morgan fingerprint density at radius 1 is 0.609 bits per heavy atom. The molecule has 0 unspecified atom stereocenters. The summed E-state index contributed by atoms with van der Waals surface area (Å²) in [5.41, 5.74) is 0. The van der Waals surface area contributed by atoms with Gasteiger partial charge >= 0.3 is 0 Å². The summed E-state index contributed by atoms with van der Waals surface area (Å²) in [4.78, 5) is 0. The zero-order chi connectivity index (χ0) is 17.2. The second-order valence-corrected chi connectivity index (χ2v) is 9.18. The Morgan fingerprint density at radius 3 is 1.43 bits per heavy atom. The third-order valence-electron chi connectivity index (χ3n) is 4.28. The van der Waals surface area contributed by atoms with Crippen molar-refractivity contribution in [2.45, 2.75) is 103 Å². The summed E-state index contributed by atoms with van der Waals surface area (Å²) in [5, 5.41) is 0. The molecule has 0 aromatic heterocycles. The van der Waals surface area contributed by atoms with E-state index in [2.05, 4.69) is 19.1 Å². The zero-order valence-corrected chi connectivity index (χ0v) is 16.5. The van der Waals surface area contributed by atoms with Crippen molar-refractivity contribution in [1.82, 2.24) is 0 Å². The average molecular weight is 345 g/mol. The molecule has 0 aromatic carbocycles. The van der Waals surface area contributed by atoms with E-state index >= 15 is 0 Å². The topological polar surface area (TPSA) is 34.1 Å². The van der Waals surface area contributed by atoms with Gasteiger partial charge in [0, 0.05) is 12.0 Å². The third-order valence-corrected chi connectivity index (χ3v) is 5.31. The Balaban J connectivity index is 3.13. The minimum absolute atomic E-state index is 0.358. The van der Waals surface area contributed by atoms with Crippen molar-refractivity contribution in [2.75, 3.05) is 12.0 Å². The molecule has 0 heterocycles. The van der Waals surface area contributed by atoms with Crippen LogP contribution in [0.25, 0.3) is 0 Å². The van der Waals surface area contributed by atoms with Gasteiger partial charge in [0.1, 0.15) is 9.84 Å². The van der Waals surface area contributed by atoms with Gasteiger partial charge in [0.15, 0.2) is 0 Å². The Bertz CT molecular complexity index is 358. The maximum Gasteiger partial charge on any atom is 0.147 e. The zero-order valence-electron chi connectivity index (χ0n) is 15.7. The maximum atomic E-state index is 11.0. The fourth-order valence-corrected chi connectivity index (χ4v) is 3.52. The molecule has 0 radical (unpaired) electrons. The fourth-order valence-electron chi connectivity index (χ4n) is 2.79. The van der Waals surface area contributed by atoms with Crippen LogP contribution in [0.2, 0.25) is 0 Å². The van der Waals surface area contributed by atoms with E-state index in [0.29, 0.717) is 5.75 Å². The van der Waals surface area contributed by atoms with E-state index in [0.717, 1.165) is 12.8 Å². The highest BCUT2D eigenvalue weighted by Crippen LogP contribution is 2.10. The van der Waals surface area contributed by atoms with E-state index in [4.69, 9.17) is 0 Å². The highest BCUT2D eigenvalue weighted by molar-refractivity contribution is 7.90. The molecule has 0 atom stereocenters. The predicted molar refractivity (Wildman–Crippen MR) is 104 cm³/mol. The second kappa shape index (κ2) is 16.5. The maximum absolute atomic E-state index is 11.0. The van der Waals surface area contributed by atoms with Crippen molar-refractivity contribution in [3.05, 3.63) is 12.2 Å². The molecule has 0 aliphatic carbocycles. The molecule has 0 aromatic rings. The molecule has 0 fully saturated rings. The van der Waals surface area contributed by atoms with Crippen LogP contribution in [0.5, 0.6) is 0 Å². The monoisotopic (exact) mass is 344 g/mol. The molecule has 0 saturated carbocycles. The molecule has 0 N–H and O–H groups in total. The largest absolute Gasteiger partial charge is 0.229 e. The lowest BCUT2D eigenvalue weighted by molar-refractivity contribution is 0.578. The van der Waals surface area contributed by atoms with Gasteiger partial charge in [0.2, 0.25) is 0 Å². The van der Waals surface area contributed by atoms with Gasteiger partial charge in [-0.2, -0.15) is 0 Å². The summed E-state index contributed by atoms with van der Waals surface area (Å²) in [7, 11) is -2.75. The van der Waals surface area contributed by atoms with E-state index in [9.17, 15) is 8.42 Å². The summed E-state index contributed by atoms with van der Waals surface area (Å²) in [5.74, 6) is 0.358. The second-order valence-electron chi connectivity index (χ2n) is 6.92. The van der Waals surface area contributed by atoms with Crippen molar-refractivity contribution in [3.63, 3.8) is 0 Å². The van der Waals surface area contributed by atoms with E-state index < -0.39 is 9.84 Å². The molecule has 0 bridgehead atoms. The Hall–Kier alpha value is -0.310. The highest BCUT2D eigenvalue weighted by atomic mass is 32.2. The lowest BCUT2D eigenvalue weighted by Gasteiger charge is -2.01. The van der Waals surface area contributed by atoms with Crippen LogP contribution in [0.3, 0.4) is 0 Å². The minimum Gasteiger partial charge on any atom is -0.229 e. The van der Waals surface area contributed by atoms with Crippen LogP contribution < -0.4 is 0 Å². The summed E-state index contributed by atoms with van der Waals surface area (Å²) in [6.07, 6.45) is 25.1. The van der Waals surface area contributed by atoms with Gasteiger partial charge < -0.3 is 0 Å². The SMILES string of the molecule is CCCCCCCC/C=C\CCCCCCCCCS(C)(=O)=O. The first kappa shape index (κ1) is 22.7. The van der Waals surface area contributed by atoms with Crippen LogP contribution in [0.4, 0.5) is 0 Å². The van der Waals surface area contributed by atoms with E-state index in [1.807, 2.05) is 0 Å². The molecule has 0 amide bonds. The molecule has 0 spiro atoms. The molecule has 23 heavy (non-hydrogen) atoms. The highest BCUT2D eigenvalue weighted by Gasteiger charge is 2.00. The molecule has 3 heteroatoms. The van der Waals surface area contributed by atoms with Crippen molar-refractivity contribution in [2.24, 2.45) is 0 Å². The molecule has 0 aliphatic rings. The van der Waals surface area contributed by atoms with Crippen LogP contribution in [0.1, 0.15) is 103 Å². The normalized spacial score (nSPS) is 12.3. The van der Waals surface area contributed by atoms with Crippen LogP contribution in [-0.2, 0) is 9.84 Å². The number of sulfone groups is 1. The van der Waals surface area contributed by atoms with Crippen LogP contribution >= 0.6 is 0 Å². The minimum atomic E-state index is -2.75. The smallest absolute Gasteiger partial charge is 0.147 e. The fraction of sp³-hybridized carbons (Fsp3) is 0.900. The number of allylic oxidation sites excluding steroid dienone is 2. The Labute approximate surface area is 146 Å². The van der Waals surface area contributed by atoms with Crippen molar-refractivity contribution >= 4 is 9.84 Å². The molecule has 0 saturated heterocycles. The lowest BCUT2D eigenvalue weighted by Crippen LogP contribution is -2.02. The van der Waals surface area contributed by atoms with E-state index in [1.54, 1.807) is 0 Å². The lowest BCUT2D eigenvalue weighted by atomic mass is 10.1. The van der Waals surface area contributed by atoms with Crippen molar-refractivity contribution in [1.29, 1.82) is 0 Å². The first-order valence-electron chi connectivity index (χ1n) is 9.89. The number of rotatable bonds is 17. The molecule has 0 aliphatic heterocycles. The van der Waals surface area contributed by atoms with Gasteiger partial charge in [0.25, 0.3) is 0 Å². The predicted octanol–water partition coefficient (Wildman–Crippen LogP) is 6.46. The Kier molecular flexibility index (Phi) is 16.3. The summed E-state index contributed by atoms with van der Waals surface area (Å²) >= 11 is 0. The van der Waals surface area contributed by atoms with Crippen LogP contribution in [0, 0.1) is 0 Å². The molecule has 138 valence electrons. The van der Waals surface area contributed by atoms with Gasteiger partial charge in [-0.25, -0.2) is 8.42 Å². The summed E-state index contributed by atoms with van der Waals surface area (Å²) in [6.45, 7) is 2.27. The summed E-state index contributed by atoms with van der Waals surface area (Å²) in [6, 6.07) is 0. The number of hydrogen-bond acceptors (Lipinski definition) is 2. The summed E-state index contributed by atoms with van der Waals surface area (Å²) < 4.78 is 22.0. The van der Waals surface area contributed by atoms with Gasteiger partial charge in [-0.1, -0.05) is 83.3 Å². The molecular formula is C20H40O2S. The molecular weight excluding hydrogens is 304 g/mol. The first-order chi connectivity index (χ1) is 11.1. The Morgan fingerprint density at radius 2 is 1.00 bits per heavy atom.